The molecule has 0 bridgehead atoms. The van der Waals surface area contributed by atoms with Crippen molar-refractivity contribution >= 4 is 27.5 Å². The van der Waals surface area contributed by atoms with Crippen LogP contribution in [0, 0.1) is 6.92 Å². The molecule has 0 heterocycles. The van der Waals surface area contributed by atoms with E-state index in [1.54, 1.807) is 30.3 Å². The van der Waals surface area contributed by atoms with Crippen LogP contribution < -0.4 is 9.62 Å². The van der Waals surface area contributed by atoms with Gasteiger partial charge in [0.1, 0.15) is 12.6 Å². The highest BCUT2D eigenvalue weighted by Gasteiger charge is 2.31. The Hall–Kier alpha value is -2.87. The van der Waals surface area contributed by atoms with E-state index in [2.05, 4.69) is 5.32 Å². The fourth-order valence-corrected chi connectivity index (χ4v) is 4.35. The van der Waals surface area contributed by atoms with E-state index in [4.69, 9.17) is 0 Å². The van der Waals surface area contributed by atoms with Gasteiger partial charge in [-0.05, 0) is 37.5 Å². The Morgan fingerprint density at radius 3 is 2.28 bits per heavy atom. The summed E-state index contributed by atoms with van der Waals surface area (Å²) in [5, 5.41) is 2.87. The second-order valence-corrected chi connectivity index (χ2v) is 9.74. The number of benzene rings is 2. The van der Waals surface area contributed by atoms with Gasteiger partial charge in [0.2, 0.25) is 21.8 Å². The zero-order valence-electron chi connectivity index (χ0n) is 19.2. The van der Waals surface area contributed by atoms with Crippen molar-refractivity contribution in [3.63, 3.8) is 0 Å². The maximum Gasteiger partial charge on any atom is 0.244 e. The SMILES string of the molecule is CCCNC(=O)[C@@H](CC)N(Cc1cccc(C)c1)C(=O)CN(c1ccccc1)S(C)(=O)=O. The van der Waals surface area contributed by atoms with Crippen molar-refractivity contribution in [1.82, 2.24) is 10.2 Å². The van der Waals surface area contributed by atoms with Gasteiger partial charge in [-0.2, -0.15) is 0 Å². The van der Waals surface area contributed by atoms with Crippen LogP contribution in [0.25, 0.3) is 0 Å². The summed E-state index contributed by atoms with van der Waals surface area (Å²) in [6.07, 6.45) is 2.27. The average Bonchev–Trinajstić information content (AvgIpc) is 2.75. The minimum absolute atomic E-state index is 0.213. The van der Waals surface area contributed by atoms with Gasteiger partial charge in [0.25, 0.3) is 0 Å². The number of anilines is 1. The van der Waals surface area contributed by atoms with E-state index in [9.17, 15) is 18.0 Å². The largest absolute Gasteiger partial charge is 0.354 e. The molecule has 0 aliphatic rings. The molecule has 0 aliphatic heterocycles. The molecule has 0 aromatic heterocycles. The molecule has 1 atom stereocenters. The molecule has 0 fully saturated rings. The summed E-state index contributed by atoms with van der Waals surface area (Å²) in [7, 11) is -3.71. The van der Waals surface area contributed by atoms with Crippen molar-refractivity contribution in [3.8, 4) is 0 Å². The second kappa shape index (κ2) is 11.7. The lowest BCUT2D eigenvalue weighted by atomic mass is 10.1. The monoisotopic (exact) mass is 459 g/mol. The molecule has 2 amide bonds. The van der Waals surface area contributed by atoms with Crippen LogP contribution in [0.15, 0.2) is 54.6 Å². The summed E-state index contributed by atoms with van der Waals surface area (Å²) in [6, 6.07) is 15.5. The normalized spacial score (nSPS) is 12.1. The molecule has 0 saturated carbocycles. The van der Waals surface area contributed by atoms with E-state index in [1.807, 2.05) is 45.0 Å². The van der Waals surface area contributed by atoms with E-state index >= 15 is 0 Å². The van der Waals surface area contributed by atoms with Gasteiger partial charge < -0.3 is 10.2 Å². The van der Waals surface area contributed by atoms with Crippen LogP contribution >= 0.6 is 0 Å². The van der Waals surface area contributed by atoms with Crippen molar-refractivity contribution < 1.29 is 18.0 Å². The van der Waals surface area contributed by atoms with Gasteiger partial charge in [-0.3, -0.25) is 13.9 Å². The molecule has 2 rings (SSSR count). The number of carbonyl (C=O) groups is 2. The third-order valence-corrected chi connectivity index (χ3v) is 6.23. The quantitative estimate of drug-likeness (QED) is 0.559. The highest BCUT2D eigenvalue weighted by molar-refractivity contribution is 7.92. The number of amides is 2. The lowest BCUT2D eigenvalue weighted by Gasteiger charge is -2.33. The first-order valence-corrected chi connectivity index (χ1v) is 12.7. The molecule has 2 aromatic carbocycles. The van der Waals surface area contributed by atoms with Crippen molar-refractivity contribution in [2.75, 3.05) is 23.7 Å². The summed E-state index contributed by atoms with van der Waals surface area (Å²) in [5.41, 5.74) is 2.33. The minimum atomic E-state index is -3.71. The number of hydrogen-bond donors (Lipinski definition) is 1. The van der Waals surface area contributed by atoms with Crippen molar-refractivity contribution in [3.05, 3.63) is 65.7 Å². The van der Waals surface area contributed by atoms with Crippen molar-refractivity contribution in [2.45, 2.75) is 46.2 Å². The number of nitrogens with one attached hydrogen (secondary N) is 1. The van der Waals surface area contributed by atoms with E-state index in [0.717, 1.165) is 28.1 Å². The van der Waals surface area contributed by atoms with Crippen LogP contribution in [0.4, 0.5) is 5.69 Å². The predicted octanol–water partition coefficient (Wildman–Crippen LogP) is 3.09. The molecule has 174 valence electrons. The summed E-state index contributed by atoms with van der Waals surface area (Å²) in [5.74, 6) is -0.666. The standard InChI is InChI=1S/C24H33N3O4S/c1-5-15-25-24(29)22(6-2)26(17-20-12-10-11-19(3)16-20)23(28)18-27(32(4,30)31)21-13-8-7-9-14-21/h7-14,16,22H,5-6,15,17-18H2,1-4H3,(H,25,29)/t22-/m1/s1. The molecular weight excluding hydrogens is 426 g/mol. The Bertz CT molecular complexity index is 1010. The average molecular weight is 460 g/mol. The molecule has 0 saturated heterocycles. The van der Waals surface area contributed by atoms with E-state index < -0.39 is 22.0 Å². The molecule has 0 spiro atoms. The number of rotatable bonds is 11. The van der Waals surface area contributed by atoms with Crippen LogP contribution in [-0.2, 0) is 26.2 Å². The number of sulfonamides is 1. The van der Waals surface area contributed by atoms with Gasteiger partial charge in [-0.25, -0.2) is 8.42 Å². The molecule has 1 N–H and O–H groups in total. The summed E-state index contributed by atoms with van der Waals surface area (Å²) in [6.45, 7) is 6.11. The number of carbonyl (C=O) groups excluding carboxylic acids is 2. The molecule has 0 aliphatic carbocycles. The van der Waals surface area contributed by atoms with E-state index in [-0.39, 0.29) is 19.0 Å². The van der Waals surface area contributed by atoms with Crippen LogP contribution in [0.3, 0.4) is 0 Å². The number of hydrogen-bond acceptors (Lipinski definition) is 4. The Morgan fingerprint density at radius 2 is 1.72 bits per heavy atom. The highest BCUT2D eigenvalue weighted by Crippen LogP contribution is 2.19. The molecular formula is C24H33N3O4S. The Morgan fingerprint density at radius 1 is 1.03 bits per heavy atom. The first-order valence-electron chi connectivity index (χ1n) is 10.8. The van der Waals surface area contributed by atoms with Crippen molar-refractivity contribution in [1.29, 1.82) is 0 Å². The van der Waals surface area contributed by atoms with Gasteiger partial charge in [0, 0.05) is 13.1 Å². The van der Waals surface area contributed by atoms with E-state index in [0.29, 0.717) is 18.7 Å². The molecule has 0 radical (unpaired) electrons. The zero-order valence-corrected chi connectivity index (χ0v) is 20.1. The van der Waals surface area contributed by atoms with Gasteiger partial charge in [0.05, 0.1) is 11.9 Å². The van der Waals surface area contributed by atoms with Gasteiger partial charge in [-0.1, -0.05) is 61.9 Å². The first-order chi connectivity index (χ1) is 15.2. The molecule has 0 unspecified atom stereocenters. The van der Waals surface area contributed by atoms with Crippen LogP contribution in [0.5, 0.6) is 0 Å². The number of aryl methyl sites for hydroxylation is 1. The summed E-state index contributed by atoms with van der Waals surface area (Å²) in [4.78, 5) is 27.8. The third kappa shape index (κ3) is 7.09. The van der Waals surface area contributed by atoms with Crippen LogP contribution in [-0.4, -0.2) is 50.5 Å². The maximum atomic E-state index is 13.5. The highest BCUT2D eigenvalue weighted by atomic mass is 32.2. The topological polar surface area (TPSA) is 86.8 Å². The fraction of sp³-hybridized carbons (Fsp3) is 0.417. The summed E-state index contributed by atoms with van der Waals surface area (Å²) >= 11 is 0. The Balaban J connectivity index is 2.39. The Kier molecular flexibility index (Phi) is 9.26. The molecule has 2 aromatic rings. The summed E-state index contributed by atoms with van der Waals surface area (Å²) < 4.78 is 26.0. The molecule has 32 heavy (non-hydrogen) atoms. The zero-order chi connectivity index (χ0) is 23.7. The molecule has 8 heteroatoms. The lowest BCUT2D eigenvalue weighted by Crippen LogP contribution is -2.52. The maximum absolute atomic E-state index is 13.5. The Labute approximate surface area is 191 Å². The lowest BCUT2D eigenvalue weighted by molar-refractivity contribution is -0.140. The number of nitrogens with zero attached hydrogens (tertiary/aromatic N) is 2. The third-order valence-electron chi connectivity index (χ3n) is 5.09. The van der Waals surface area contributed by atoms with Crippen LogP contribution in [0.2, 0.25) is 0 Å². The van der Waals surface area contributed by atoms with Crippen molar-refractivity contribution in [2.24, 2.45) is 0 Å². The number of para-hydroxylation sites is 1. The fourth-order valence-electron chi connectivity index (χ4n) is 3.50. The van der Waals surface area contributed by atoms with Gasteiger partial charge in [0.15, 0.2) is 0 Å². The van der Waals surface area contributed by atoms with Crippen LogP contribution in [0.1, 0.15) is 37.8 Å². The minimum Gasteiger partial charge on any atom is -0.354 e. The van der Waals surface area contributed by atoms with Gasteiger partial charge >= 0.3 is 0 Å². The first kappa shape index (κ1) is 25.4. The molecule has 7 nitrogen and oxygen atoms in total. The predicted molar refractivity (Wildman–Crippen MR) is 128 cm³/mol. The van der Waals surface area contributed by atoms with Gasteiger partial charge in [-0.15, -0.1) is 0 Å². The smallest absolute Gasteiger partial charge is 0.244 e. The van der Waals surface area contributed by atoms with E-state index in [1.165, 1.54) is 4.90 Å². The second-order valence-electron chi connectivity index (χ2n) is 7.83.